The lowest BCUT2D eigenvalue weighted by atomic mass is 9.97. The molecule has 0 aliphatic rings. The Morgan fingerprint density at radius 2 is 1.83 bits per heavy atom. The van der Waals surface area contributed by atoms with Gasteiger partial charge in [-0.3, -0.25) is 0 Å². The van der Waals surface area contributed by atoms with Gasteiger partial charge < -0.3 is 4.42 Å². The Hall–Kier alpha value is -3.12. The number of benzene rings is 2. The predicted octanol–water partition coefficient (Wildman–Crippen LogP) is 5.25. The summed E-state index contributed by atoms with van der Waals surface area (Å²) in [6.07, 6.45) is 1.73. The van der Waals surface area contributed by atoms with Gasteiger partial charge in [-0.25, -0.2) is 4.85 Å². The quantitative estimate of drug-likeness (QED) is 0.347. The number of fused-ring (bicyclic) bond motifs is 2. The molecule has 0 saturated carbocycles. The molecule has 0 fully saturated rings. The molecule has 0 spiro atoms. The van der Waals surface area contributed by atoms with Crippen molar-refractivity contribution in [2.24, 2.45) is 7.05 Å². The largest absolute Gasteiger partial charge is 0.464 e. The minimum atomic E-state index is 0.667. The van der Waals surface area contributed by atoms with Crippen molar-refractivity contribution in [1.29, 1.82) is 0 Å². The van der Waals surface area contributed by atoms with E-state index in [0.717, 1.165) is 38.7 Å². The van der Waals surface area contributed by atoms with Crippen LogP contribution in [0.4, 0.5) is 5.69 Å². The second-order valence-corrected chi connectivity index (χ2v) is 6.20. The highest BCUT2D eigenvalue weighted by molar-refractivity contribution is 5.97. The minimum Gasteiger partial charge on any atom is -0.464 e. The number of aromatic nitrogens is 1. The molecule has 0 bridgehead atoms. The zero-order valence-electron chi connectivity index (χ0n) is 13.9. The van der Waals surface area contributed by atoms with Gasteiger partial charge in [0, 0.05) is 18.4 Å². The lowest BCUT2D eigenvalue weighted by Crippen LogP contribution is -2.35. The van der Waals surface area contributed by atoms with Crippen molar-refractivity contribution in [2.75, 3.05) is 0 Å². The third-order valence-corrected chi connectivity index (χ3v) is 4.70. The van der Waals surface area contributed by atoms with Crippen LogP contribution in [0.1, 0.15) is 11.3 Å². The Labute approximate surface area is 140 Å². The summed E-state index contributed by atoms with van der Waals surface area (Å²) in [4.78, 5) is 3.55. The highest BCUT2D eigenvalue weighted by Gasteiger charge is 2.20. The van der Waals surface area contributed by atoms with Crippen LogP contribution >= 0.6 is 0 Å². The maximum atomic E-state index is 7.25. The molecule has 0 unspecified atom stereocenters. The second-order valence-electron chi connectivity index (χ2n) is 6.20. The summed E-state index contributed by atoms with van der Waals surface area (Å²) in [5.74, 6) is 0. The van der Waals surface area contributed by atoms with Gasteiger partial charge in [0.1, 0.15) is 12.6 Å². The van der Waals surface area contributed by atoms with Crippen molar-refractivity contribution in [3.63, 3.8) is 0 Å². The summed E-state index contributed by atoms with van der Waals surface area (Å²) in [7, 11) is 2.08. The van der Waals surface area contributed by atoms with E-state index in [2.05, 4.69) is 48.5 Å². The molecule has 2 heterocycles. The fraction of sp³-hybridized carbons (Fsp3) is 0.143. The Morgan fingerprint density at radius 1 is 1.00 bits per heavy atom. The molecule has 3 heteroatoms. The third kappa shape index (κ3) is 2.08. The van der Waals surface area contributed by atoms with Crippen LogP contribution in [-0.2, 0) is 7.05 Å². The Morgan fingerprint density at radius 3 is 2.62 bits per heavy atom. The van der Waals surface area contributed by atoms with Gasteiger partial charge in [0.2, 0.25) is 5.69 Å². The van der Waals surface area contributed by atoms with Gasteiger partial charge in [0.15, 0.2) is 11.4 Å². The van der Waals surface area contributed by atoms with Crippen LogP contribution in [0.2, 0.25) is 0 Å². The van der Waals surface area contributed by atoms with E-state index in [9.17, 15) is 0 Å². The molecular weight excluding hydrogens is 296 g/mol. The number of pyridine rings is 1. The van der Waals surface area contributed by atoms with E-state index >= 15 is 0 Å². The smallest absolute Gasteiger partial charge is 0.220 e. The number of hydrogen-bond acceptors (Lipinski definition) is 1. The average molecular weight is 313 g/mol. The van der Waals surface area contributed by atoms with Gasteiger partial charge >= 0.3 is 0 Å². The SMILES string of the molecule is [C-]#[N+]c1ccc2c(-c3cc4occc4cc3C)[n+](C)c(C)cc2c1. The van der Waals surface area contributed by atoms with Crippen LogP contribution in [0.25, 0.3) is 37.8 Å². The van der Waals surface area contributed by atoms with E-state index in [4.69, 9.17) is 11.0 Å². The minimum absolute atomic E-state index is 0.667. The summed E-state index contributed by atoms with van der Waals surface area (Å²) in [6, 6.07) is 14.3. The van der Waals surface area contributed by atoms with Gasteiger partial charge in [-0.2, -0.15) is 4.57 Å². The molecule has 116 valence electrons. The highest BCUT2D eigenvalue weighted by Crippen LogP contribution is 2.33. The van der Waals surface area contributed by atoms with Crippen LogP contribution in [0.3, 0.4) is 0 Å². The fourth-order valence-electron chi connectivity index (χ4n) is 3.34. The summed E-state index contributed by atoms with van der Waals surface area (Å²) in [5, 5.41) is 3.35. The Balaban J connectivity index is 2.12. The van der Waals surface area contributed by atoms with Crippen LogP contribution in [0.15, 0.2) is 53.1 Å². The number of nitrogens with zero attached hydrogens (tertiary/aromatic N) is 2. The van der Waals surface area contributed by atoms with E-state index in [1.807, 2.05) is 24.3 Å². The molecule has 0 aliphatic heterocycles. The van der Waals surface area contributed by atoms with Crippen molar-refractivity contribution in [2.45, 2.75) is 13.8 Å². The molecule has 0 atom stereocenters. The Bertz CT molecular complexity index is 1150. The van der Waals surface area contributed by atoms with E-state index < -0.39 is 0 Å². The molecule has 0 amide bonds. The van der Waals surface area contributed by atoms with Crippen LogP contribution < -0.4 is 4.57 Å². The highest BCUT2D eigenvalue weighted by atomic mass is 16.3. The predicted molar refractivity (Wildman–Crippen MR) is 96.1 cm³/mol. The van der Waals surface area contributed by atoms with Crippen molar-refractivity contribution < 1.29 is 8.98 Å². The lowest BCUT2D eigenvalue weighted by molar-refractivity contribution is -0.665. The standard InChI is InChI=1S/C21H17N2O/c1-13-9-15-7-8-24-20(15)12-19(13)21-18-6-5-17(22-3)11-16(18)10-14(2)23(21)4/h5-12H,1-2,4H3/q+1. The molecule has 3 nitrogen and oxygen atoms in total. The number of furan rings is 1. The first-order valence-electron chi connectivity index (χ1n) is 7.87. The first kappa shape index (κ1) is 14.5. The van der Waals surface area contributed by atoms with Crippen LogP contribution in [0, 0.1) is 20.4 Å². The summed E-state index contributed by atoms with van der Waals surface area (Å²) in [6.45, 7) is 11.5. The van der Waals surface area contributed by atoms with Gasteiger partial charge in [-0.1, -0.05) is 12.1 Å². The molecule has 24 heavy (non-hydrogen) atoms. The molecule has 4 rings (SSSR count). The van der Waals surface area contributed by atoms with Gasteiger partial charge in [0.05, 0.1) is 23.8 Å². The molecule has 2 aromatic carbocycles. The molecule has 0 radical (unpaired) electrons. The fourth-order valence-corrected chi connectivity index (χ4v) is 3.34. The van der Waals surface area contributed by atoms with Gasteiger partial charge in [-0.05, 0) is 42.1 Å². The summed E-state index contributed by atoms with van der Waals surface area (Å²) < 4.78 is 7.81. The topological polar surface area (TPSA) is 21.4 Å². The van der Waals surface area contributed by atoms with Crippen molar-refractivity contribution in [3.05, 3.63) is 71.4 Å². The number of rotatable bonds is 1. The summed E-state index contributed by atoms with van der Waals surface area (Å²) >= 11 is 0. The van der Waals surface area contributed by atoms with E-state index in [-0.39, 0.29) is 0 Å². The van der Waals surface area contributed by atoms with Gasteiger partial charge in [0.25, 0.3) is 0 Å². The van der Waals surface area contributed by atoms with Crippen molar-refractivity contribution in [3.8, 4) is 11.3 Å². The monoisotopic (exact) mass is 313 g/mol. The average Bonchev–Trinajstić information content (AvgIpc) is 3.02. The van der Waals surface area contributed by atoms with Crippen LogP contribution in [0.5, 0.6) is 0 Å². The van der Waals surface area contributed by atoms with E-state index in [1.165, 1.54) is 5.56 Å². The normalized spacial score (nSPS) is 11.1. The Kier molecular flexibility index (Phi) is 3.14. The lowest BCUT2D eigenvalue weighted by Gasteiger charge is -2.10. The van der Waals surface area contributed by atoms with E-state index in [0.29, 0.717) is 5.69 Å². The summed E-state index contributed by atoms with van der Waals surface area (Å²) in [5.41, 5.74) is 6.23. The van der Waals surface area contributed by atoms with Crippen molar-refractivity contribution in [1.82, 2.24) is 0 Å². The number of hydrogen-bond donors (Lipinski definition) is 0. The number of aryl methyl sites for hydroxylation is 2. The maximum Gasteiger partial charge on any atom is 0.220 e. The molecule has 0 N–H and O–H groups in total. The van der Waals surface area contributed by atoms with Crippen molar-refractivity contribution >= 4 is 27.4 Å². The van der Waals surface area contributed by atoms with Crippen LogP contribution in [-0.4, -0.2) is 0 Å². The first-order chi connectivity index (χ1) is 11.6. The van der Waals surface area contributed by atoms with Gasteiger partial charge in [-0.15, -0.1) is 0 Å². The zero-order chi connectivity index (χ0) is 16.8. The molecule has 0 aliphatic carbocycles. The molecule has 4 aromatic rings. The molecule has 0 saturated heterocycles. The first-order valence-corrected chi connectivity index (χ1v) is 7.87. The molecular formula is C21H17N2O+. The molecule has 2 aromatic heterocycles. The van der Waals surface area contributed by atoms with E-state index in [1.54, 1.807) is 6.26 Å². The zero-order valence-corrected chi connectivity index (χ0v) is 13.9. The third-order valence-electron chi connectivity index (χ3n) is 4.70. The second kappa shape index (κ2) is 5.21. The maximum absolute atomic E-state index is 7.25.